The zero-order valence-corrected chi connectivity index (χ0v) is 10.6. The second-order valence-corrected chi connectivity index (χ2v) is 5.02. The molecule has 0 amide bonds. The maximum absolute atomic E-state index is 6.00. The lowest BCUT2D eigenvalue weighted by molar-refractivity contribution is -0.304. The number of epoxide rings is 1. The van der Waals surface area contributed by atoms with Gasteiger partial charge in [0, 0.05) is 12.7 Å². The molecule has 0 spiro atoms. The van der Waals surface area contributed by atoms with Crippen LogP contribution in [-0.2, 0) is 23.7 Å². The Bertz CT molecular complexity index is 450. The van der Waals surface area contributed by atoms with E-state index in [-0.39, 0.29) is 37.0 Å². The SMILES string of the molecule is COC1O[C@@H]2COC(c3ccccc3)O[C@H]2[C@H]2O[C@@H]12. The van der Waals surface area contributed by atoms with Gasteiger partial charge in [0.25, 0.3) is 0 Å². The van der Waals surface area contributed by atoms with Crippen LogP contribution in [0.3, 0.4) is 0 Å². The van der Waals surface area contributed by atoms with Crippen LogP contribution in [0.1, 0.15) is 11.9 Å². The molecule has 0 radical (unpaired) electrons. The Morgan fingerprint density at radius 2 is 1.84 bits per heavy atom. The number of methoxy groups -OCH3 is 1. The van der Waals surface area contributed by atoms with Crippen molar-refractivity contribution < 1.29 is 23.7 Å². The van der Waals surface area contributed by atoms with Crippen molar-refractivity contribution in [2.45, 2.75) is 37.0 Å². The van der Waals surface area contributed by atoms with Gasteiger partial charge in [-0.3, -0.25) is 0 Å². The first-order valence-corrected chi connectivity index (χ1v) is 6.52. The molecule has 19 heavy (non-hydrogen) atoms. The third-order valence-corrected chi connectivity index (χ3v) is 3.83. The summed E-state index contributed by atoms with van der Waals surface area (Å²) in [4.78, 5) is 0. The largest absolute Gasteiger partial charge is 0.361 e. The van der Waals surface area contributed by atoms with E-state index in [1.165, 1.54) is 0 Å². The van der Waals surface area contributed by atoms with Gasteiger partial charge in [0.05, 0.1) is 6.61 Å². The number of benzene rings is 1. The summed E-state index contributed by atoms with van der Waals surface area (Å²) in [7, 11) is 1.63. The van der Waals surface area contributed by atoms with E-state index in [9.17, 15) is 0 Å². The van der Waals surface area contributed by atoms with Crippen LogP contribution in [0.5, 0.6) is 0 Å². The standard InChI is InChI=1S/C14H16O5/c1-15-14-12-11(18-12)10-9(17-14)7-16-13(19-10)8-5-3-2-4-6-8/h2-6,9-14H,7H2,1H3/t9-,10-,11-,12-,13?,14?/m1/s1. The Kier molecular flexibility index (Phi) is 2.82. The second-order valence-electron chi connectivity index (χ2n) is 5.02. The lowest BCUT2D eigenvalue weighted by Crippen LogP contribution is -2.52. The molecule has 4 rings (SSSR count). The van der Waals surface area contributed by atoms with E-state index in [1.807, 2.05) is 30.3 Å². The highest BCUT2D eigenvalue weighted by Crippen LogP contribution is 2.43. The van der Waals surface area contributed by atoms with E-state index in [0.717, 1.165) is 5.56 Å². The smallest absolute Gasteiger partial charge is 0.186 e. The van der Waals surface area contributed by atoms with Crippen molar-refractivity contribution in [2.24, 2.45) is 0 Å². The minimum atomic E-state index is -0.338. The fourth-order valence-electron chi connectivity index (χ4n) is 2.80. The fraction of sp³-hybridized carbons (Fsp3) is 0.571. The first kappa shape index (κ1) is 11.8. The number of rotatable bonds is 2. The van der Waals surface area contributed by atoms with Gasteiger partial charge in [-0.15, -0.1) is 0 Å². The van der Waals surface area contributed by atoms with E-state index in [0.29, 0.717) is 6.61 Å². The van der Waals surface area contributed by atoms with Crippen molar-refractivity contribution in [1.29, 1.82) is 0 Å². The van der Waals surface area contributed by atoms with Crippen LogP contribution < -0.4 is 0 Å². The van der Waals surface area contributed by atoms with Gasteiger partial charge in [0.15, 0.2) is 12.6 Å². The van der Waals surface area contributed by atoms with Gasteiger partial charge in [0.2, 0.25) is 0 Å². The molecule has 102 valence electrons. The number of hydrogen-bond donors (Lipinski definition) is 0. The molecule has 2 unspecified atom stereocenters. The van der Waals surface area contributed by atoms with Crippen molar-refractivity contribution in [3.05, 3.63) is 35.9 Å². The molecular weight excluding hydrogens is 248 g/mol. The molecule has 6 atom stereocenters. The maximum Gasteiger partial charge on any atom is 0.186 e. The molecular formula is C14H16O5. The molecule has 0 bridgehead atoms. The predicted octanol–water partition coefficient (Wildman–Crippen LogP) is 1.24. The Morgan fingerprint density at radius 3 is 2.63 bits per heavy atom. The number of fused-ring (bicyclic) bond motifs is 3. The molecule has 5 nitrogen and oxygen atoms in total. The Balaban J connectivity index is 1.50. The molecule has 5 heteroatoms. The summed E-state index contributed by atoms with van der Waals surface area (Å²) >= 11 is 0. The van der Waals surface area contributed by atoms with E-state index >= 15 is 0 Å². The molecule has 0 aliphatic carbocycles. The molecule has 0 N–H and O–H groups in total. The third kappa shape index (κ3) is 1.98. The molecule has 3 heterocycles. The van der Waals surface area contributed by atoms with Gasteiger partial charge in [0.1, 0.15) is 24.4 Å². The quantitative estimate of drug-likeness (QED) is 0.752. The topological polar surface area (TPSA) is 49.5 Å². The fourth-order valence-corrected chi connectivity index (χ4v) is 2.80. The minimum Gasteiger partial charge on any atom is -0.361 e. The summed E-state index contributed by atoms with van der Waals surface area (Å²) in [6.45, 7) is 0.497. The summed E-state index contributed by atoms with van der Waals surface area (Å²) < 4.78 is 28.4. The van der Waals surface area contributed by atoms with Gasteiger partial charge >= 0.3 is 0 Å². The summed E-state index contributed by atoms with van der Waals surface area (Å²) in [6.07, 6.45) is -0.759. The van der Waals surface area contributed by atoms with Crippen molar-refractivity contribution in [3.8, 4) is 0 Å². The Hall–Kier alpha value is -0.980. The monoisotopic (exact) mass is 264 g/mol. The van der Waals surface area contributed by atoms with Crippen LogP contribution in [0.2, 0.25) is 0 Å². The van der Waals surface area contributed by atoms with E-state index < -0.39 is 0 Å². The second kappa shape index (κ2) is 4.54. The average Bonchev–Trinajstić information content (AvgIpc) is 3.27. The van der Waals surface area contributed by atoms with Crippen LogP contribution >= 0.6 is 0 Å². The van der Waals surface area contributed by atoms with Crippen LogP contribution in [0.4, 0.5) is 0 Å². The highest BCUT2D eigenvalue weighted by atomic mass is 16.8. The lowest BCUT2D eigenvalue weighted by atomic mass is 10.0. The molecule has 3 aliphatic heterocycles. The molecule has 1 aromatic rings. The zero-order chi connectivity index (χ0) is 12.8. The van der Waals surface area contributed by atoms with Crippen LogP contribution in [0.25, 0.3) is 0 Å². The Labute approximate surface area is 111 Å². The first-order chi connectivity index (χ1) is 9.36. The van der Waals surface area contributed by atoms with Crippen molar-refractivity contribution in [1.82, 2.24) is 0 Å². The van der Waals surface area contributed by atoms with Crippen molar-refractivity contribution >= 4 is 0 Å². The average molecular weight is 264 g/mol. The molecule has 0 saturated carbocycles. The molecule has 0 aromatic heterocycles. The van der Waals surface area contributed by atoms with Gasteiger partial charge in [-0.2, -0.15) is 0 Å². The summed E-state index contributed by atoms with van der Waals surface area (Å²) in [5.41, 5.74) is 1.02. The zero-order valence-electron chi connectivity index (χ0n) is 10.6. The van der Waals surface area contributed by atoms with E-state index in [2.05, 4.69) is 0 Å². The summed E-state index contributed by atoms with van der Waals surface area (Å²) in [6, 6.07) is 9.92. The van der Waals surface area contributed by atoms with Crippen LogP contribution in [0.15, 0.2) is 30.3 Å². The summed E-state index contributed by atoms with van der Waals surface area (Å²) in [5.74, 6) is 0. The predicted molar refractivity (Wildman–Crippen MR) is 64.3 cm³/mol. The third-order valence-electron chi connectivity index (χ3n) is 3.83. The summed E-state index contributed by atoms with van der Waals surface area (Å²) in [5, 5.41) is 0. The lowest BCUT2D eigenvalue weighted by Gasteiger charge is -2.39. The van der Waals surface area contributed by atoms with Gasteiger partial charge in [-0.25, -0.2) is 0 Å². The van der Waals surface area contributed by atoms with Gasteiger partial charge in [-0.1, -0.05) is 30.3 Å². The minimum absolute atomic E-state index is 0.000716. The molecule has 1 aromatic carbocycles. The molecule has 3 fully saturated rings. The molecule has 3 saturated heterocycles. The highest BCUT2D eigenvalue weighted by molar-refractivity contribution is 5.17. The Morgan fingerprint density at radius 1 is 1.00 bits per heavy atom. The van der Waals surface area contributed by atoms with E-state index in [4.69, 9.17) is 23.7 Å². The number of hydrogen-bond acceptors (Lipinski definition) is 5. The number of ether oxygens (including phenoxy) is 5. The first-order valence-electron chi connectivity index (χ1n) is 6.52. The van der Waals surface area contributed by atoms with Crippen molar-refractivity contribution in [2.75, 3.05) is 13.7 Å². The van der Waals surface area contributed by atoms with Gasteiger partial charge in [-0.05, 0) is 0 Å². The molecule has 3 aliphatic rings. The van der Waals surface area contributed by atoms with Crippen molar-refractivity contribution in [3.63, 3.8) is 0 Å². The highest BCUT2D eigenvalue weighted by Gasteiger charge is 2.60. The van der Waals surface area contributed by atoms with Crippen LogP contribution in [0, 0.1) is 0 Å². The van der Waals surface area contributed by atoms with Gasteiger partial charge < -0.3 is 23.7 Å². The van der Waals surface area contributed by atoms with E-state index in [1.54, 1.807) is 7.11 Å². The normalized spacial score (nSPS) is 44.3. The van der Waals surface area contributed by atoms with Crippen LogP contribution in [-0.4, -0.2) is 44.4 Å². The maximum atomic E-state index is 6.00.